The Morgan fingerprint density at radius 1 is 0.952 bits per heavy atom. The van der Waals surface area contributed by atoms with Gasteiger partial charge in [-0.05, 0) is 57.9 Å². The molecule has 0 atom stereocenters. The first-order valence-electron chi connectivity index (χ1n) is 18.4. The summed E-state index contributed by atoms with van der Waals surface area (Å²) < 4.78 is 55.6. The topological polar surface area (TPSA) is 263 Å². The van der Waals surface area contributed by atoms with Gasteiger partial charge in [-0.1, -0.05) is 61.2 Å². The van der Waals surface area contributed by atoms with Gasteiger partial charge in [-0.15, -0.1) is 0 Å². The second kappa shape index (κ2) is 23.4. The summed E-state index contributed by atoms with van der Waals surface area (Å²) >= 11 is 0. The van der Waals surface area contributed by atoms with Crippen LogP contribution >= 0.6 is 0 Å². The summed E-state index contributed by atoms with van der Waals surface area (Å²) in [6, 6.07) is 20.5. The van der Waals surface area contributed by atoms with Crippen molar-refractivity contribution in [3.63, 3.8) is 0 Å². The summed E-state index contributed by atoms with van der Waals surface area (Å²) in [6.07, 6.45) is -5.11. The van der Waals surface area contributed by atoms with E-state index in [9.17, 15) is 36.7 Å². The summed E-state index contributed by atoms with van der Waals surface area (Å²) in [4.78, 5) is 67.8. The lowest BCUT2D eigenvalue weighted by Gasteiger charge is -2.17. The molecule has 1 aromatic heterocycles. The quantitative estimate of drug-likeness (QED) is 0.0259. The lowest BCUT2D eigenvalue weighted by atomic mass is 10.1. The van der Waals surface area contributed by atoms with Crippen LogP contribution in [0.1, 0.15) is 51.3 Å². The molecule has 3 amide bonds. The molecule has 0 aliphatic rings. The minimum atomic E-state index is -5.08. The molecular weight excluding hydrogens is 824 g/mol. The van der Waals surface area contributed by atoms with Gasteiger partial charge in [0.15, 0.2) is 11.5 Å². The smallest absolute Gasteiger partial charge is 0.490 e. The molecule has 21 heteroatoms. The lowest BCUT2D eigenvalue weighted by molar-refractivity contribution is -0.192. The number of carboxylic acids is 1. The number of anilines is 2. The first-order chi connectivity index (χ1) is 28.9. The van der Waals surface area contributed by atoms with Crippen LogP contribution in [0, 0.1) is 0 Å². The van der Waals surface area contributed by atoms with Gasteiger partial charge in [0.25, 0.3) is 5.56 Å². The molecule has 1 heterocycles. The number of rotatable bonds is 13. The van der Waals surface area contributed by atoms with Gasteiger partial charge in [-0.3, -0.25) is 14.2 Å². The Bertz CT molecular complexity index is 2240. The molecule has 0 aliphatic carbocycles. The molecule has 0 radical (unpaired) electrons. The third kappa shape index (κ3) is 17.8. The van der Waals surface area contributed by atoms with Crippen molar-refractivity contribution in [2.45, 2.75) is 72.2 Å². The molecule has 0 spiro atoms. The molecule has 0 aliphatic heterocycles. The largest absolute Gasteiger partial charge is 0.510 e. The number of aliphatic carboxylic acids is 1. The maximum atomic E-state index is 13.5. The van der Waals surface area contributed by atoms with E-state index in [1.807, 2.05) is 44.2 Å². The summed E-state index contributed by atoms with van der Waals surface area (Å²) in [7, 11) is 0. The van der Waals surface area contributed by atoms with Gasteiger partial charge in [-0.2, -0.15) is 18.2 Å². The Morgan fingerprint density at radius 3 is 2.08 bits per heavy atom. The van der Waals surface area contributed by atoms with Crippen LogP contribution in [0.25, 0.3) is 11.3 Å². The Balaban J connectivity index is 0.000000811. The number of amides is 3. The molecule has 334 valence electrons. The predicted octanol–water partition coefficient (Wildman–Crippen LogP) is 6.22. The van der Waals surface area contributed by atoms with Gasteiger partial charge in [0, 0.05) is 42.0 Å². The van der Waals surface area contributed by atoms with Crippen molar-refractivity contribution in [3.05, 3.63) is 118 Å². The molecular formula is C41H48F4N8O9. The highest BCUT2D eigenvalue weighted by atomic mass is 19.4. The van der Waals surface area contributed by atoms with E-state index in [0.717, 1.165) is 11.1 Å². The van der Waals surface area contributed by atoms with Gasteiger partial charge in [0.2, 0.25) is 5.91 Å². The number of benzene rings is 3. The van der Waals surface area contributed by atoms with Crippen molar-refractivity contribution in [1.29, 1.82) is 0 Å². The number of amidine groups is 1. The summed E-state index contributed by atoms with van der Waals surface area (Å²) in [6.45, 7) is 11.2. The van der Waals surface area contributed by atoms with Crippen LogP contribution in [0.2, 0.25) is 0 Å². The van der Waals surface area contributed by atoms with Crippen molar-refractivity contribution in [2.75, 3.05) is 17.6 Å². The van der Waals surface area contributed by atoms with E-state index in [1.54, 1.807) is 37.3 Å². The number of aliphatic hydroxyl groups is 1. The number of ether oxygens (including phenoxy) is 2. The fraction of sp³-hybridized carbons (Fsp3) is 0.293. The maximum absolute atomic E-state index is 13.5. The van der Waals surface area contributed by atoms with Crippen LogP contribution in [0.5, 0.6) is 5.75 Å². The summed E-state index contributed by atoms with van der Waals surface area (Å²) in [5, 5.41) is 23.8. The average Bonchev–Trinajstić information content (AvgIpc) is 3.18. The number of aliphatic hydroxyl groups excluding tert-OH is 1. The number of nitrogens with one attached hydrogen (secondary N) is 3. The van der Waals surface area contributed by atoms with E-state index in [2.05, 4.69) is 32.5 Å². The summed E-state index contributed by atoms with van der Waals surface area (Å²) in [5.41, 5.74) is 13.0. The molecule has 0 fully saturated rings. The molecule has 62 heavy (non-hydrogen) atoms. The standard InChI is InChI=1S/C34H38N8O6.C5H9FO.C2HF3O2/c1-4-37-33(45)48-27-15-25(14-26(35)16-27)28-18-39-31(40-21(2)3)32(44)42(28)19-29(43)38-17-22-10-12-24(13-11-22)30(36)41-34(46)47-20-23-8-6-5-7-9-23;1-4(7)5(2,3)6;3-2(4,5)1(6)7/h5-16,18,21H,4,17,19-20,35H2,1-3H3,(H,37,45)(H,38,43)(H,39,40)(H2,36,41,46);7H,1H2,2-3H3;(H,6,7). The van der Waals surface area contributed by atoms with Crippen molar-refractivity contribution < 1.29 is 56.4 Å². The van der Waals surface area contributed by atoms with E-state index in [-0.39, 0.29) is 48.8 Å². The fourth-order valence-electron chi connectivity index (χ4n) is 4.47. The Hall–Kier alpha value is -7.45. The van der Waals surface area contributed by atoms with Crippen molar-refractivity contribution in [3.8, 4) is 17.0 Å². The van der Waals surface area contributed by atoms with Gasteiger partial charge in [-0.25, -0.2) is 23.8 Å². The number of alkyl halides is 4. The molecule has 4 rings (SSSR count). The number of nitrogens with two attached hydrogens (primary N) is 2. The van der Waals surface area contributed by atoms with Crippen LogP contribution in [0.3, 0.4) is 0 Å². The first kappa shape index (κ1) is 50.7. The van der Waals surface area contributed by atoms with E-state index >= 15 is 0 Å². The van der Waals surface area contributed by atoms with Crippen LogP contribution in [0.4, 0.5) is 38.7 Å². The zero-order valence-electron chi connectivity index (χ0n) is 34.4. The van der Waals surface area contributed by atoms with Crippen LogP contribution in [-0.2, 0) is 34.0 Å². The highest BCUT2D eigenvalue weighted by Crippen LogP contribution is 2.27. The zero-order valence-corrected chi connectivity index (χ0v) is 34.4. The highest BCUT2D eigenvalue weighted by molar-refractivity contribution is 6.02. The van der Waals surface area contributed by atoms with Gasteiger partial charge >= 0.3 is 24.3 Å². The first-order valence-corrected chi connectivity index (χ1v) is 18.4. The summed E-state index contributed by atoms with van der Waals surface area (Å²) in [5.74, 6) is -3.42. The molecule has 0 saturated heterocycles. The number of nitrogen functional groups attached to an aromatic ring is 1. The molecule has 0 saturated carbocycles. The highest BCUT2D eigenvalue weighted by Gasteiger charge is 2.38. The number of aromatic nitrogens is 2. The third-order valence-corrected chi connectivity index (χ3v) is 7.62. The Labute approximate surface area is 353 Å². The SMILES string of the molecule is C=C(O)C(C)(C)F.CCNC(=O)Oc1cc(N)cc(-c2cnc(NC(C)C)c(=O)n2CC(=O)NCc2ccc(/C(N)=N/C(=O)OCc3ccccc3)cc2)c1.O=C(O)C(F)(F)F. The lowest BCUT2D eigenvalue weighted by Crippen LogP contribution is -2.35. The monoisotopic (exact) mass is 872 g/mol. The van der Waals surface area contributed by atoms with Crippen molar-refractivity contribution >= 4 is 41.4 Å². The van der Waals surface area contributed by atoms with Crippen molar-refractivity contribution in [2.24, 2.45) is 10.7 Å². The maximum Gasteiger partial charge on any atom is 0.490 e. The number of carboxylic acid groups (broad SMARTS) is 1. The number of halogens is 4. The molecule has 0 unspecified atom stereocenters. The van der Waals surface area contributed by atoms with Gasteiger partial charge in [0.05, 0.1) is 11.9 Å². The second-order valence-corrected chi connectivity index (χ2v) is 13.6. The molecule has 3 aromatic carbocycles. The van der Waals surface area contributed by atoms with Crippen LogP contribution < -0.4 is 37.7 Å². The second-order valence-electron chi connectivity index (χ2n) is 13.6. The van der Waals surface area contributed by atoms with E-state index in [0.29, 0.717) is 23.4 Å². The molecule has 0 bridgehead atoms. The molecule has 17 nitrogen and oxygen atoms in total. The van der Waals surface area contributed by atoms with E-state index < -0.39 is 47.2 Å². The Morgan fingerprint density at radius 2 is 1.55 bits per heavy atom. The number of carbonyl (C=O) groups is 4. The number of nitrogens with zero attached hydrogens (tertiary/aromatic N) is 3. The van der Waals surface area contributed by atoms with E-state index in [1.165, 1.54) is 36.7 Å². The van der Waals surface area contributed by atoms with Gasteiger partial charge < -0.3 is 47.1 Å². The fourth-order valence-corrected chi connectivity index (χ4v) is 4.47. The normalized spacial score (nSPS) is 11.2. The number of aliphatic imine (C=N–C) groups is 1. The number of allylic oxidation sites excluding steroid dienone is 1. The molecule has 9 N–H and O–H groups in total. The number of hydrogen-bond acceptors (Lipinski definition) is 11. The van der Waals surface area contributed by atoms with Gasteiger partial charge in [0.1, 0.15) is 30.5 Å². The minimum absolute atomic E-state index is 0.0138. The number of carbonyl (C=O) groups excluding carboxylic acids is 3. The average molecular weight is 873 g/mol. The van der Waals surface area contributed by atoms with E-state index in [4.69, 9.17) is 35.9 Å². The Kier molecular flexibility index (Phi) is 19.1. The van der Waals surface area contributed by atoms with Crippen LogP contribution in [-0.4, -0.2) is 74.1 Å². The van der Waals surface area contributed by atoms with Crippen LogP contribution in [0.15, 0.2) is 101 Å². The third-order valence-electron chi connectivity index (χ3n) is 7.62. The minimum Gasteiger partial charge on any atom is -0.510 e. The number of hydrogen-bond donors (Lipinski definition) is 7. The zero-order chi connectivity index (χ0) is 46.8. The molecule has 4 aromatic rings. The van der Waals surface area contributed by atoms with Crippen molar-refractivity contribution in [1.82, 2.24) is 20.2 Å². The predicted molar refractivity (Wildman–Crippen MR) is 223 cm³/mol.